The number of hydrogen-bond donors (Lipinski definition) is 0. The first-order chi connectivity index (χ1) is 13.2. The zero-order valence-corrected chi connectivity index (χ0v) is 16.3. The quantitative estimate of drug-likeness (QED) is 0.264. The largest absolute Gasteiger partial charge is 0.493 e. The molecule has 0 amide bonds. The molecule has 0 aliphatic rings. The van der Waals surface area contributed by atoms with E-state index in [0.717, 1.165) is 30.3 Å². The lowest BCUT2D eigenvalue weighted by molar-refractivity contribution is -0.103. The molecule has 0 unspecified atom stereocenters. The Labute approximate surface area is 160 Å². The van der Waals surface area contributed by atoms with E-state index in [4.69, 9.17) is 18.9 Å². The average Bonchev–Trinajstić information content (AvgIpc) is 2.71. The second-order valence-electron chi connectivity index (χ2n) is 5.90. The molecule has 0 heterocycles. The van der Waals surface area contributed by atoms with Gasteiger partial charge in [0.1, 0.15) is 0 Å². The molecule has 2 aromatic rings. The van der Waals surface area contributed by atoms with Crippen molar-refractivity contribution < 1.29 is 23.7 Å². The van der Waals surface area contributed by atoms with E-state index >= 15 is 0 Å². The van der Waals surface area contributed by atoms with Crippen molar-refractivity contribution in [3.05, 3.63) is 47.5 Å². The van der Waals surface area contributed by atoms with Crippen molar-refractivity contribution >= 4 is 17.9 Å². The first kappa shape index (κ1) is 20.4. The number of rotatable bonds is 10. The molecule has 2 aromatic carbocycles. The van der Waals surface area contributed by atoms with Gasteiger partial charge < -0.3 is 18.9 Å². The lowest BCUT2D eigenvalue weighted by Gasteiger charge is -2.12. The molecule has 5 nitrogen and oxygen atoms in total. The van der Waals surface area contributed by atoms with Gasteiger partial charge in [-0.3, -0.25) is 4.79 Å². The van der Waals surface area contributed by atoms with Gasteiger partial charge in [0.15, 0.2) is 29.3 Å². The van der Waals surface area contributed by atoms with E-state index in [0.29, 0.717) is 35.2 Å². The third-order valence-electron chi connectivity index (χ3n) is 4.11. The molecule has 0 radical (unpaired) electrons. The second kappa shape index (κ2) is 10.3. The van der Waals surface area contributed by atoms with Crippen molar-refractivity contribution in [1.29, 1.82) is 0 Å². The maximum Gasteiger partial charge on any atom is 0.161 e. The number of aldehydes is 1. The van der Waals surface area contributed by atoms with Gasteiger partial charge in [0, 0.05) is 5.57 Å². The molecule has 0 fully saturated rings. The summed E-state index contributed by atoms with van der Waals surface area (Å²) in [5.41, 5.74) is 2.12. The summed E-state index contributed by atoms with van der Waals surface area (Å²) in [5, 5.41) is 0. The van der Waals surface area contributed by atoms with Gasteiger partial charge in [-0.05, 0) is 47.9 Å². The molecule has 0 aromatic heterocycles. The summed E-state index contributed by atoms with van der Waals surface area (Å²) in [6.45, 7) is 2.71. The minimum absolute atomic E-state index is 0.533. The number of unbranched alkanes of at least 4 members (excludes halogenated alkanes) is 1. The first-order valence-corrected chi connectivity index (χ1v) is 8.86. The van der Waals surface area contributed by atoms with Crippen LogP contribution in [0.5, 0.6) is 23.0 Å². The van der Waals surface area contributed by atoms with E-state index in [-0.39, 0.29) is 0 Å². The van der Waals surface area contributed by atoms with Crippen molar-refractivity contribution in [2.45, 2.75) is 19.8 Å². The van der Waals surface area contributed by atoms with Crippen molar-refractivity contribution in [1.82, 2.24) is 0 Å². The van der Waals surface area contributed by atoms with Crippen LogP contribution in [0.1, 0.15) is 30.9 Å². The number of benzene rings is 2. The van der Waals surface area contributed by atoms with Crippen LogP contribution in [0, 0.1) is 0 Å². The molecule has 0 N–H and O–H groups in total. The number of methoxy groups -OCH3 is 3. The fourth-order valence-electron chi connectivity index (χ4n) is 2.60. The van der Waals surface area contributed by atoms with Gasteiger partial charge in [-0.1, -0.05) is 25.5 Å². The summed E-state index contributed by atoms with van der Waals surface area (Å²) in [7, 11) is 4.76. The van der Waals surface area contributed by atoms with Crippen LogP contribution in [0.25, 0.3) is 11.6 Å². The third-order valence-corrected chi connectivity index (χ3v) is 4.11. The lowest BCUT2D eigenvalue weighted by atomic mass is 10.0. The van der Waals surface area contributed by atoms with Gasteiger partial charge in [0.2, 0.25) is 0 Å². The SMILES string of the molecule is CCCCOc1cc(/C(C=O)=C\c2ccc(OC)c(OC)c2)ccc1OC. The molecule has 5 heteroatoms. The number of carbonyl (C=O) groups excluding carboxylic acids is 1. The molecule has 2 rings (SSSR count). The molecule has 0 aliphatic heterocycles. The Hall–Kier alpha value is -2.95. The third kappa shape index (κ3) is 5.26. The van der Waals surface area contributed by atoms with E-state index < -0.39 is 0 Å². The molecular formula is C22H26O5. The van der Waals surface area contributed by atoms with Crippen molar-refractivity contribution in [3.63, 3.8) is 0 Å². The van der Waals surface area contributed by atoms with Gasteiger partial charge in [0.25, 0.3) is 0 Å². The molecule has 0 aliphatic carbocycles. The Morgan fingerprint density at radius 1 is 0.889 bits per heavy atom. The second-order valence-corrected chi connectivity index (χ2v) is 5.90. The Balaban J connectivity index is 2.37. The fourth-order valence-corrected chi connectivity index (χ4v) is 2.60. The summed E-state index contributed by atoms with van der Waals surface area (Å²) in [5.74, 6) is 2.52. The van der Waals surface area contributed by atoms with Crippen LogP contribution in [-0.2, 0) is 4.79 Å². The van der Waals surface area contributed by atoms with Crippen LogP contribution < -0.4 is 18.9 Å². The highest BCUT2D eigenvalue weighted by atomic mass is 16.5. The zero-order chi connectivity index (χ0) is 19.6. The average molecular weight is 370 g/mol. The van der Waals surface area contributed by atoms with Crippen LogP contribution in [-0.4, -0.2) is 34.2 Å². The Bertz CT molecular complexity index is 795. The minimum Gasteiger partial charge on any atom is -0.493 e. The summed E-state index contributed by atoms with van der Waals surface area (Å²) in [6.07, 6.45) is 4.62. The van der Waals surface area contributed by atoms with Gasteiger partial charge >= 0.3 is 0 Å². The number of ether oxygens (including phenoxy) is 4. The standard InChI is InChI=1S/C22H26O5/c1-5-6-11-27-22-14-17(8-10-20(22)25-3)18(15-23)12-16-7-9-19(24-2)21(13-16)26-4/h7-10,12-15H,5-6,11H2,1-4H3/b18-12-. The van der Waals surface area contributed by atoms with E-state index in [2.05, 4.69) is 6.92 Å². The van der Waals surface area contributed by atoms with E-state index in [1.807, 2.05) is 30.3 Å². The van der Waals surface area contributed by atoms with Crippen LogP contribution >= 0.6 is 0 Å². The maximum atomic E-state index is 11.7. The molecule has 0 atom stereocenters. The number of carbonyl (C=O) groups is 1. The van der Waals surface area contributed by atoms with Gasteiger partial charge in [-0.25, -0.2) is 0 Å². The van der Waals surface area contributed by atoms with Crippen LogP contribution in [0.4, 0.5) is 0 Å². The molecule has 144 valence electrons. The van der Waals surface area contributed by atoms with Gasteiger partial charge in [-0.2, -0.15) is 0 Å². The Kier molecular flexibility index (Phi) is 7.74. The summed E-state index contributed by atoms with van der Waals surface area (Å²) in [6, 6.07) is 11.0. The van der Waals surface area contributed by atoms with Crippen molar-refractivity contribution in [2.24, 2.45) is 0 Å². The lowest BCUT2D eigenvalue weighted by Crippen LogP contribution is -2.00. The highest BCUT2D eigenvalue weighted by Crippen LogP contribution is 2.32. The summed E-state index contributed by atoms with van der Waals surface area (Å²) in [4.78, 5) is 11.7. The molecule has 0 spiro atoms. The summed E-state index contributed by atoms with van der Waals surface area (Å²) < 4.78 is 21.7. The molecule has 0 bridgehead atoms. The molecule has 27 heavy (non-hydrogen) atoms. The van der Waals surface area contributed by atoms with Crippen molar-refractivity contribution in [2.75, 3.05) is 27.9 Å². The number of hydrogen-bond acceptors (Lipinski definition) is 5. The molecular weight excluding hydrogens is 344 g/mol. The van der Waals surface area contributed by atoms with E-state index in [9.17, 15) is 4.79 Å². The number of allylic oxidation sites excluding steroid dienone is 1. The monoisotopic (exact) mass is 370 g/mol. The fraction of sp³-hybridized carbons (Fsp3) is 0.318. The van der Waals surface area contributed by atoms with Crippen molar-refractivity contribution in [3.8, 4) is 23.0 Å². The Morgan fingerprint density at radius 2 is 1.56 bits per heavy atom. The Morgan fingerprint density at radius 3 is 2.19 bits per heavy atom. The first-order valence-electron chi connectivity index (χ1n) is 8.86. The highest BCUT2D eigenvalue weighted by molar-refractivity contribution is 6.13. The van der Waals surface area contributed by atoms with E-state index in [1.165, 1.54) is 0 Å². The molecule has 0 saturated carbocycles. The topological polar surface area (TPSA) is 54.0 Å². The van der Waals surface area contributed by atoms with Crippen LogP contribution in [0.3, 0.4) is 0 Å². The smallest absolute Gasteiger partial charge is 0.161 e. The highest BCUT2D eigenvalue weighted by Gasteiger charge is 2.10. The zero-order valence-electron chi connectivity index (χ0n) is 16.3. The van der Waals surface area contributed by atoms with E-state index in [1.54, 1.807) is 33.5 Å². The minimum atomic E-state index is 0.533. The van der Waals surface area contributed by atoms with Gasteiger partial charge in [-0.15, -0.1) is 0 Å². The van der Waals surface area contributed by atoms with Crippen LogP contribution in [0.2, 0.25) is 0 Å². The van der Waals surface area contributed by atoms with Gasteiger partial charge in [0.05, 0.1) is 27.9 Å². The summed E-state index contributed by atoms with van der Waals surface area (Å²) >= 11 is 0. The molecule has 0 saturated heterocycles. The maximum absolute atomic E-state index is 11.7. The van der Waals surface area contributed by atoms with Crippen LogP contribution in [0.15, 0.2) is 36.4 Å². The normalized spacial score (nSPS) is 11.0. The predicted molar refractivity (Wildman–Crippen MR) is 107 cm³/mol. The predicted octanol–water partition coefficient (Wildman–Crippen LogP) is 4.63.